The van der Waals surface area contributed by atoms with Gasteiger partial charge in [-0.25, -0.2) is 9.97 Å². The van der Waals surface area contributed by atoms with E-state index < -0.39 is 0 Å². The quantitative estimate of drug-likeness (QED) is 0.784. The minimum absolute atomic E-state index is 0.317. The normalized spacial score (nSPS) is 19.9. The van der Waals surface area contributed by atoms with E-state index in [1.807, 2.05) is 12.3 Å². The van der Waals surface area contributed by atoms with Crippen molar-refractivity contribution in [1.82, 2.24) is 15.3 Å². The van der Waals surface area contributed by atoms with Crippen LogP contribution in [0, 0.1) is 0 Å². The van der Waals surface area contributed by atoms with E-state index in [9.17, 15) is 0 Å². The third-order valence-electron chi connectivity index (χ3n) is 3.18. The molecule has 2 heterocycles. The monoisotopic (exact) mass is 249 g/mol. The van der Waals surface area contributed by atoms with Crippen LogP contribution in [0.1, 0.15) is 44.1 Å². The fourth-order valence-electron chi connectivity index (χ4n) is 2.20. The molecule has 1 aliphatic heterocycles. The number of hydrogen-bond donors (Lipinski definition) is 1. The molecule has 4 heteroatoms. The first-order chi connectivity index (χ1) is 8.88. The number of rotatable bonds is 6. The molecule has 0 saturated carbocycles. The van der Waals surface area contributed by atoms with Gasteiger partial charge in [0.25, 0.3) is 0 Å². The summed E-state index contributed by atoms with van der Waals surface area (Å²) >= 11 is 0. The Labute approximate surface area is 109 Å². The van der Waals surface area contributed by atoms with Crippen LogP contribution in [0.5, 0.6) is 0 Å². The first kappa shape index (κ1) is 13.4. The summed E-state index contributed by atoms with van der Waals surface area (Å²) in [7, 11) is 0. The maximum absolute atomic E-state index is 5.72. The lowest BCUT2D eigenvalue weighted by Gasteiger charge is -2.21. The smallest absolute Gasteiger partial charge is 0.131 e. The first-order valence-electron chi connectivity index (χ1n) is 7.01. The van der Waals surface area contributed by atoms with Crippen LogP contribution in [0.4, 0.5) is 0 Å². The average molecular weight is 249 g/mol. The topological polar surface area (TPSA) is 47.0 Å². The van der Waals surface area contributed by atoms with Crippen LogP contribution in [-0.4, -0.2) is 29.2 Å². The van der Waals surface area contributed by atoms with E-state index in [0.29, 0.717) is 6.10 Å². The molecule has 0 bridgehead atoms. The Morgan fingerprint density at radius 1 is 1.44 bits per heavy atom. The van der Waals surface area contributed by atoms with Crippen molar-refractivity contribution in [3.63, 3.8) is 0 Å². The van der Waals surface area contributed by atoms with Crippen LogP contribution in [0.25, 0.3) is 0 Å². The van der Waals surface area contributed by atoms with Crippen LogP contribution in [0.2, 0.25) is 0 Å². The van der Waals surface area contributed by atoms with Crippen molar-refractivity contribution in [3.8, 4) is 0 Å². The maximum atomic E-state index is 5.72. The van der Waals surface area contributed by atoms with Crippen LogP contribution in [-0.2, 0) is 17.7 Å². The summed E-state index contributed by atoms with van der Waals surface area (Å²) in [4.78, 5) is 8.93. The fourth-order valence-corrected chi connectivity index (χ4v) is 2.20. The Hall–Kier alpha value is -1.00. The Kier molecular flexibility index (Phi) is 5.55. The average Bonchev–Trinajstić information content (AvgIpc) is 2.41. The van der Waals surface area contributed by atoms with Gasteiger partial charge in [0.2, 0.25) is 0 Å². The van der Waals surface area contributed by atoms with E-state index in [1.54, 1.807) is 0 Å². The summed E-state index contributed by atoms with van der Waals surface area (Å²) in [6.45, 7) is 4.92. The van der Waals surface area contributed by atoms with Gasteiger partial charge in [-0.1, -0.05) is 6.92 Å². The molecule has 0 radical (unpaired) electrons. The summed E-state index contributed by atoms with van der Waals surface area (Å²) in [5.74, 6) is 0.915. The molecule has 1 aromatic rings. The van der Waals surface area contributed by atoms with Crippen molar-refractivity contribution in [3.05, 3.63) is 23.8 Å². The Balaban J connectivity index is 1.85. The highest BCUT2D eigenvalue weighted by Crippen LogP contribution is 2.15. The molecular weight excluding hydrogens is 226 g/mol. The fraction of sp³-hybridized carbons (Fsp3) is 0.714. The molecule has 0 spiro atoms. The number of nitrogens with zero attached hydrogens (tertiary/aromatic N) is 2. The summed E-state index contributed by atoms with van der Waals surface area (Å²) in [5, 5.41) is 3.36. The third kappa shape index (κ3) is 4.35. The van der Waals surface area contributed by atoms with E-state index >= 15 is 0 Å². The molecule has 1 aromatic heterocycles. The van der Waals surface area contributed by atoms with E-state index in [0.717, 1.165) is 50.5 Å². The lowest BCUT2D eigenvalue weighted by atomic mass is 10.1. The number of ether oxygens (including phenoxy) is 1. The van der Waals surface area contributed by atoms with Gasteiger partial charge in [-0.3, -0.25) is 0 Å². The summed E-state index contributed by atoms with van der Waals surface area (Å²) < 4.78 is 5.72. The van der Waals surface area contributed by atoms with Crippen molar-refractivity contribution in [2.75, 3.05) is 13.2 Å². The van der Waals surface area contributed by atoms with E-state index in [4.69, 9.17) is 4.74 Å². The van der Waals surface area contributed by atoms with Crippen LogP contribution in [0.15, 0.2) is 12.3 Å². The molecule has 100 valence electrons. The zero-order valence-corrected chi connectivity index (χ0v) is 11.2. The summed E-state index contributed by atoms with van der Waals surface area (Å²) in [6, 6.07) is 1.98. The Morgan fingerprint density at radius 3 is 3.17 bits per heavy atom. The molecular formula is C14H23N3O. The highest BCUT2D eigenvalue weighted by Gasteiger charge is 2.15. The Morgan fingerprint density at radius 2 is 2.39 bits per heavy atom. The van der Waals surface area contributed by atoms with Crippen molar-refractivity contribution in [1.29, 1.82) is 0 Å². The van der Waals surface area contributed by atoms with Gasteiger partial charge in [0.05, 0.1) is 11.8 Å². The number of aromatic nitrogens is 2. The second kappa shape index (κ2) is 7.44. The molecule has 1 saturated heterocycles. The predicted octanol–water partition coefficient (Wildman–Crippen LogP) is 2.09. The van der Waals surface area contributed by atoms with Crippen molar-refractivity contribution in [2.45, 2.75) is 51.7 Å². The van der Waals surface area contributed by atoms with Gasteiger partial charge >= 0.3 is 0 Å². The molecule has 4 nitrogen and oxygen atoms in total. The van der Waals surface area contributed by atoms with Gasteiger partial charge in [0.15, 0.2) is 0 Å². The molecule has 2 rings (SSSR count). The minimum Gasteiger partial charge on any atom is -0.378 e. The molecule has 18 heavy (non-hydrogen) atoms. The second-order valence-electron chi connectivity index (χ2n) is 4.83. The van der Waals surface area contributed by atoms with Crippen molar-refractivity contribution >= 4 is 0 Å². The zero-order chi connectivity index (χ0) is 12.6. The number of nitrogens with one attached hydrogen (secondary N) is 1. The van der Waals surface area contributed by atoms with Gasteiger partial charge in [-0.2, -0.15) is 0 Å². The molecule has 1 aliphatic rings. The highest BCUT2D eigenvalue weighted by molar-refractivity contribution is 5.03. The van der Waals surface area contributed by atoms with Gasteiger partial charge < -0.3 is 10.1 Å². The molecule has 1 atom stereocenters. The van der Waals surface area contributed by atoms with Gasteiger partial charge in [0.1, 0.15) is 5.82 Å². The summed E-state index contributed by atoms with van der Waals surface area (Å²) in [6.07, 6.45) is 7.77. The highest BCUT2D eigenvalue weighted by atomic mass is 16.5. The van der Waals surface area contributed by atoms with Crippen LogP contribution < -0.4 is 5.32 Å². The van der Waals surface area contributed by atoms with Gasteiger partial charge in [-0.15, -0.1) is 0 Å². The van der Waals surface area contributed by atoms with Crippen LogP contribution in [0.3, 0.4) is 0 Å². The lowest BCUT2D eigenvalue weighted by Crippen LogP contribution is -2.23. The SMILES string of the molecule is CCCNCc1ccnc(CC2CCCCO2)n1. The van der Waals surface area contributed by atoms with E-state index in [1.165, 1.54) is 12.8 Å². The van der Waals surface area contributed by atoms with Crippen molar-refractivity contribution in [2.24, 2.45) is 0 Å². The van der Waals surface area contributed by atoms with E-state index in [2.05, 4.69) is 22.2 Å². The first-order valence-corrected chi connectivity index (χ1v) is 7.01. The molecule has 1 fully saturated rings. The van der Waals surface area contributed by atoms with Gasteiger partial charge in [-0.05, 0) is 38.3 Å². The number of hydrogen-bond acceptors (Lipinski definition) is 4. The van der Waals surface area contributed by atoms with Crippen molar-refractivity contribution < 1.29 is 4.74 Å². The largest absolute Gasteiger partial charge is 0.378 e. The molecule has 1 unspecified atom stereocenters. The van der Waals surface area contributed by atoms with Gasteiger partial charge in [0, 0.05) is 25.8 Å². The van der Waals surface area contributed by atoms with Crippen LogP contribution >= 0.6 is 0 Å². The zero-order valence-electron chi connectivity index (χ0n) is 11.2. The van der Waals surface area contributed by atoms with E-state index in [-0.39, 0.29) is 0 Å². The maximum Gasteiger partial charge on any atom is 0.131 e. The predicted molar refractivity (Wildman–Crippen MR) is 71.3 cm³/mol. The standard InChI is InChI=1S/C14H23N3O/c1-2-7-15-11-12-6-8-16-14(17-12)10-13-5-3-4-9-18-13/h6,8,13,15H,2-5,7,9-11H2,1H3. The second-order valence-corrected chi connectivity index (χ2v) is 4.83. The Bertz CT molecular complexity index is 351. The molecule has 1 N–H and O–H groups in total. The molecule has 0 aromatic carbocycles. The third-order valence-corrected chi connectivity index (χ3v) is 3.18. The minimum atomic E-state index is 0.317. The summed E-state index contributed by atoms with van der Waals surface area (Å²) in [5.41, 5.74) is 1.07. The lowest BCUT2D eigenvalue weighted by molar-refractivity contribution is 0.0156. The molecule has 0 aliphatic carbocycles. The molecule has 0 amide bonds.